The average molecular weight is 361 g/mol. The normalized spacial score (nSPS) is 14.4. The first-order chi connectivity index (χ1) is 9.91. The molecule has 22 heavy (non-hydrogen) atoms. The summed E-state index contributed by atoms with van der Waals surface area (Å²) in [4.78, 5) is 0. The summed E-state index contributed by atoms with van der Waals surface area (Å²) in [5.74, 6) is 0. The van der Waals surface area contributed by atoms with Crippen LogP contribution in [0.1, 0.15) is 90.9 Å². The molecular formula is C16H33KO4S. The molecule has 0 saturated heterocycles. The van der Waals surface area contributed by atoms with E-state index in [9.17, 15) is 18.1 Å². The Kier molecular flexibility index (Phi) is 18.7. The maximum Gasteiger partial charge on any atom is 1.00 e. The van der Waals surface area contributed by atoms with Gasteiger partial charge in [0.2, 0.25) is 0 Å². The van der Waals surface area contributed by atoms with Crippen molar-refractivity contribution in [3.8, 4) is 0 Å². The third-order valence-electron chi connectivity index (χ3n) is 4.07. The average Bonchev–Trinajstić information content (AvgIpc) is 2.42. The van der Waals surface area contributed by atoms with E-state index in [4.69, 9.17) is 0 Å². The predicted octanol–water partition coefficient (Wildman–Crippen LogP) is 0.986. The van der Waals surface area contributed by atoms with Crippen LogP contribution in [-0.4, -0.2) is 29.4 Å². The van der Waals surface area contributed by atoms with Gasteiger partial charge in [-0.25, -0.2) is 8.42 Å². The van der Waals surface area contributed by atoms with Crippen molar-refractivity contribution < 1.29 is 69.5 Å². The van der Waals surface area contributed by atoms with Gasteiger partial charge in [0.1, 0.15) is 0 Å². The molecule has 0 radical (unpaired) electrons. The molecule has 0 amide bonds. The molecule has 2 atom stereocenters. The molecule has 0 spiro atoms. The smallest absolute Gasteiger partial charge is 0.748 e. The number of aliphatic hydroxyl groups excluding tert-OH is 1. The SMILES string of the molecule is CCCCCC(CCCCCCCC(O)CC)S(=O)(=O)[O-].[K+]. The van der Waals surface area contributed by atoms with Crippen molar-refractivity contribution in [2.75, 3.05) is 0 Å². The minimum Gasteiger partial charge on any atom is -0.748 e. The number of hydrogen-bond acceptors (Lipinski definition) is 4. The number of rotatable bonds is 14. The van der Waals surface area contributed by atoms with E-state index >= 15 is 0 Å². The minimum atomic E-state index is -4.14. The van der Waals surface area contributed by atoms with E-state index in [0.29, 0.717) is 12.8 Å². The van der Waals surface area contributed by atoms with Crippen LogP contribution in [0.2, 0.25) is 0 Å². The van der Waals surface area contributed by atoms with Crippen LogP contribution in [0, 0.1) is 0 Å². The number of unbranched alkanes of at least 4 members (excludes halogenated alkanes) is 6. The van der Waals surface area contributed by atoms with Gasteiger partial charge in [-0.3, -0.25) is 0 Å². The minimum absolute atomic E-state index is 0. The largest absolute Gasteiger partial charge is 1.00 e. The van der Waals surface area contributed by atoms with Gasteiger partial charge in [0.15, 0.2) is 0 Å². The van der Waals surface area contributed by atoms with Crippen molar-refractivity contribution in [2.45, 2.75) is 102 Å². The molecule has 128 valence electrons. The molecule has 6 heteroatoms. The second kappa shape index (κ2) is 16.0. The van der Waals surface area contributed by atoms with Gasteiger partial charge >= 0.3 is 51.4 Å². The van der Waals surface area contributed by atoms with Gasteiger partial charge in [0, 0.05) is 5.25 Å². The molecule has 1 N–H and O–H groups in total. The topological polar surface area (TPSA) is 77.4 Å². The molecule has 0 bridgehead atoms. The van der Waals surface area contributed by atoms with E-state index < -0.39 is 15.4 Å². The maximum absolute atomic E-state index is 11.2. The predicted molar refractivity (Wildman–Crippen MR) is 86.2 cm³/mol. The quantitative estimate of drug-likeness (QED) is 0.285. The summed E-state index contributed by atoms with van der Waals surface area (Å²) in [5, 5.41) is 8.74. The summed E-state index contributed by atoms with van der Waals surface area (Å²) < 4.78 is 33.6. The Morgan fingerprint density at radius 1 is 0.864 bits per heavy atom. The van der Waals surface area contributed by atoms with Crippen molar-refractivity contribution in [3.05, 3.63) is 0 Å². The fourth-order valence-corrected chi connectivity index (χ4v) is 3.45. The van der Waals surface area contributed by atoms with Crippen LogP contribution < -0.4 is 51.4 Å². The molecule has 0 fully saturated rings. The zero-order chi connectivity index (χ0) is 16.1. The first-order valence-electron chi connectivity index (χ1n) is 8.54. The third kappa shape index (κ3) is 15.1. The Morgan fingerprint density at radius 2 is 1.32 bits per heavy atom. The van der Waals surface area contributed by atoms with Crippen molar-refractivity contribution in [3.63, 3.8) is 0 Å². The Bertz CT molecular complexity index is 333. The first kappa shape index (κ1) is 25.7. The molecule has 0 aromatic heterocycles. The fourth-order valence-electron chi connectivity index (χ4n) is 2.54. The van der Waals surface area contributed by atoms with Gasteiger partial charge in [-0.2, -0.15) is 0 Å². The zero-order valence-electron chi connectivity index (χ0n) is 14.7. The molecule has 0 aliphatic carbocycles. The summed E-state index contributed by atoms with van der Waals surface area (Å²) in [6.07, 6.45) is 10.3. The molecule has 0 saturated carbocycles. The van der Waals surface area contributed by atoms with Crippen LogP contribution in [0.4, 0.5) is 0 Å². The summed E-state index contributed by atoms with van der Waals surface area (Å²) in [5.41, 5.74) is 0. The van der Waals surface area contributed by atoms with Crippen LogP contribution in [0.15, 0.2) is 0 Å². The van der Waals surface area contributed by atoms with E-state index in [1.807, 2.05) is 6.92 Å². The van der Waals surface area contributed by atoms with Gasteiger partial charge < -0.3 is 9.66 Å². The zero-order valence-corrected chi connectivity index (χ0v) is 18.7. The Morgan fingerprint density at radius 3 is 1.77 bits per heavy atom. The van der Waals surface area contributed by atoms with E-state index in [-0.39, 0.29) is 57.5 Å². The van der Waals surface area contributed by atoms with Gasteiger partial charge in [0.25, 0.3) is 0 Å². The van der Waals surface area contributed by atoms with Crippen molar-refractivity contribution >= 4 is 10.1 Å². The molecule has 4 nitrogen and oxygen atoms in total. The first-order valence-corrected chi connectivity index (χ1v) is 10.0. The Balaban J connectivity index is 0. The van der Waals surface area contributed by atoms with Gasteiger partial charge in [-0.1, -0.05) is 65.2 Å². The molecule has 0 aromatic carbocycles. The molecule has 0 aromatic rings. The molecular weight excluding hydrogens is 327 g/mol. The van der Waals surface area contributed by atoms with E-state index in [1.54, 1.807) is 0 Å². The maximum atomic E-state index is 11.2. The molecule has 2 unspecified atom stereocenters. The van der Waals surface area contributed by atoms with Crippen molar-refractivity contribution in [1.82, 2.24) is 0 Å². The fraction of sp³-hybridized carbons (Fsp3) is 1.00. The second-order valence-electron chi connectivity index (χ2n) is 6.02. The Labute approximate surface area is 180 Å². The van der Waals surface area contributed by atoms with Crippen LogP contribution in [0.25, 0.3) is 0 Å². The molecule has 0 heterocycles. The molecule has 0 rings (SSSR count). The summed E-state index contributed by atoms with van der Waals surface area (Å²) in [7, 11) is -4.14. The van der Waals surface area contributed by atoms with Gasteiger partial charge in [-0.05, 0) is 25.7 Å². The van der Waals surface area contributed by atoms with Crippen molar-refractivity contribution in [1.29, 1.82) is 0 Å². The Hall–Kier alpha value is 1.51. The van der Waals surface area contributed by atoms with E-state index in [1.165, 1.54) is 0 Å². The van der Waals surface area contributed by atoms with E-state index in [2.05, 4.69) is 6.92 Å². The molecule has 0 aliphatic rings. The van der Waals surface area contributed by atoms with Crippen LogP contribution in [0.3, 0.4) is 0 Å². The summed E-state index contributed by atoms with van der Waals surface area (Å²) in [6, 6.07) is 0. The van der Waals surface area contributed by atoms with Crippen LogP contribution in [0.5, 0.6) is 0 Å². The van der Waals surface area contributed by atoms with Crippen molar-refractivity contribution in [2.24, 2.45) is 0 Å². The van der Waals surface area contributed by atoms with Gasteiger partial charge in [0.05, 0.1) is 16.2 Å². The van der Waals surface area contributed by atoms with E-state index in [0.717, 1.165) is 64.2 Å². The molecule has 0 aliphatic heterocycles. The van der Waals surface area contributed by atoms with Crippen LogP contribution in [-0.2, 0) is 10.1 Å². The standard InChI is InChI=1S/C16H34O4S.K/c1-3-5-9-13-16(21(18,19)20)14-11-8-6-7-10-12-15(17)4-2;/h15-17H,3-14H2,1-2H3,(H,18,19,20);/q;+1/p-1. The number of aliphatic hydroxyl groups is 1. The summed E-state index contributed by atoms with van der Waals surface area (Å²) >= 11 is 0. The second-order valence-corrected chi connectivity index (χ2v) is 7.67. The summed E-state index contributed by atoms with van der Waals surface area (Å²) in [6.45, 7) is 4.04. The number of hydrogen-bond donors (Lipinski definition) is 1. The third-order valence-corrected chi connectivity index (χ3v) is 5.36. The monoisotopic (exact) mass is 360 g/mol. The van der Waals surface area contributed by atoms with Crippen LogP contribution >= 0.6 is 0 Å². The van der Waals surface area contributed by atoms with Gasteiger partial charge in [-0.15, -0.1) is 0 Å².